The van der Waals surface area contributed by atoms with E-state index < -0.39 is 0 Å². The Hall–Kier alpha value is -2.26. The maximum atomic E-state index is 9.30. The topological polar surface area (TPSA) is 74.7 Å². The molecule has 0 bridgehead atoms. The second kappa shape index (κ2) is 6.78. The Balaban J connectivity index is 2.39. The Morgan fingerprint density at radius 1 is 1.40 bits per heavy atom. The molecule has 1 N–H and O–H groups in total. The zero-order chi connectivity index (χ0) is 14.4. The minimum absolute atomic E-state index is 0.233. The van der Waals surface area contributed by atoms with Crippen molar-refractivity contribution in [1.29, 1.82) is 5.26 Å². The lowest BCUT2D eigenvalue weighted by Crippen LogP contribution is -2.11. The van der Waals surface area contributed by atoms with Crippen molar-refractivity contribution in [3.05, 3.63) is 41.3 Å². The van der Waals surface area contributed by atoms with Crippen molar-refractivity contribution < 1.29 is 4.52 Å². The average molecular weight is 286 g/mol. The van der Waals surface area contributed by atoms with E-state index in [0.717, 1.165) is 17.1 Å². The number of rotatable bonds is 5. The highest BCUT2D eigenvalue weighted by molar-refractivity contribution is 8.02. The van der Waals surface area contributed by atoms with Crippen LogP contribution in [0.2, 0.25) is 0 Å². The molecule has 1 heterocycles. The molecule has 2 rings (SSSR count). The van der Waals surface area contributed by atoms with Crippen LogP contribution in [-0.4, -0.2) is 22.9 Å². The molecule has 1 aromatic heterocycles. The fourth-order valence-corrected chi connectivity index (χ4v) is 2.27. The average Bonchev–Trinajstić information content (AvgIpc) is 2.97. The molecule has 0 radical (unpaired) electrons. The van der Waals surface area contributed by atoms with E-state index in [1.54, 1.807) is 0 Å². The van der Waals surface area contributed by atoms with E-state index in [2.05, 4.69) is 21.5 Å². The largest absolute Gasteiger partial charge is 0.379 e. The molecule has 6 heteroatoms. The zero-order valence-electron chi connectivity index (χ0n) is 11.3. The van der Waals surface area contributed by atoms with Gasteiger partial charge in [-0.25, -0.2) is 0 Å². The molecule has 102 valence electrons. The third kappa shape index (κ3) is 3.00. The summed E-state index contributed by atoms with van der Waals surface area (Å²) in [6.45, 7) is 2.69. The number of thioether (sulfide) groups is 1. The van der Waals surface area contributed by atoms with E-state index in [9.17, 15) is 5.26 Å². The molecule has 0 fully saturated rings. The van der Waals surface area contributed by atoms with E-state index in [-0.39, 0.29) is 5.89 Å². The predicted octanol–water partition coefficient (Wildman–Crippen LogP) is 2.90. The fraction of sp³-hybridized carbons (Fsp3) is 0.214. The maximum absolute atomic E-state index is 9.30. The van der Waals surface area contributed by atoms with Gasteiger partial charge in [0.05, 0.1) is 5.03 Å². The first-order valence-corrected chi connectivity index (χ1v) is 7.34. The molecule has 1 aromatic carbocycles. The van der Waals surface area contributed by atoms with Gasteiger partial charge in [-0.15, -0.1) is 11.8 Å². The van der Waals surface area contributed by atoms with E-state index in [0.29, 0.717) is 11.4 Å². The normalized spacial score (nSPS) is 11.7. The van der Waals surface area contributed by atoms with Crippen LogP contribution >= 0.6 is 11.8 Å². The summed E-state index contributed by atoms with van der Waals surface area (Å²) >= 11 is 1.45. The van der Waals surface area contributed by atoms with Gasteiger partial charge in [0.15, 0.2) is 0 Å². The lowest BCUT2D eigenvalue weighted by molar-refractivity contribution is 0.409. The van der Waals surface area contributed by atoms with Gasteiger partial charge in [-0.2, -0.15) is 10.2 Å². The second-order valence-electron chi connectivity index (χ2n) is 3.84. The molecule has 0 aliphatic rings. The first-order valence-electron chi connectivity index (χ1n) is 6.11. The SMILES string of the molecule is CCN/C(SC)=C(/C#N)c1nc(-c2ccccc2)no1. The number of hydrogen-bond acceptors (Lipinski definition) is 6. The van der Waals surface area contributed by atoms with Gasteiger partial charge in [0.1, 0.15) is 11.6 Å². The van der Waals surface area contributed by atoms with Crippen LogP contribution in [0.4, 0.5) is 0 Å². The third-order valence-corrected chi connectivity index (χ3v) is 3.31. The van der Waals surface area contributed by atoms with E-state index in [1.807, 2.05) is 43.5 Å². The summed E-state index contributed by atoms with van der Waals surface area (Å²) in [4.78, 5) is 4.29. The van der Waals surface area contributed by atoms with Crippen molar-refractivity contribution in [2.45, 2.75) is 6.92 Å². The van der Waals surface area contributed by atoms with Crippen LogP contribution in [0.25, 0.3) is 17.0 Å². The van der Waals surface area contributed by atoms with Gasteiger partial charge in [-0.1, -0.05) is 35.5 Å². The monoisotopic (exact) mass is 286 g/mol. The summed E-state index contributed by atoms with van der Waals surface area (Å²) < 4.78 is 5.21. The second-order valence-corrected chi connectivity index (χ2v) is 4.66. The minimum Gasteiger partial charge on any atom is -0.379 e. The van der Waals surface area contributed by atoms with Crippen molar-refractivity contribution in [1.82, 2.24) is 15.5 Å². The van der Waals surface area contributed by atoms with Crippen molar-refractivity contribution in [2.75, 3.05) is 12.8 Å². The van der Waals surface area contributed by atoms with Crippen molar-refractivity contribution in [3.8, 4) is 17.5 Å². The van der Waals surface area contributed by atoms with Crippen LogP contribution in [0.15, 0.2) is 39.9 Å². The molecule has 5 nitrogen and oxygen atoms in total. The molecular formula is C14H14N4OS. The Morgan fingerprint density at radius 3 is 2.75 bits per heavy atom. The van der Waals surface area contributed by atoms with Gasteiger partial charge in [0, 0.05) is 12.1 Å². The Kier molecular flexibility index (Phi) is 4.80. The summed E-state index contributed by atoms with van der Waals surface area (Å²) in [6.07, 6.45) is 1.89. The Bertz CT molecular complexity index is 643. The number of benzene rings is 1. The van der Waals surface area contributed by atoms with Crippen molar-refractivity contribution in [2.24, 2.45) is 0 Å². The summed E-state index contributed by atoms with van der Waals surface area (Å²) in [6, 6.07) is 11.6. The predicted molar refractivity (Wildman–Crippen MR) is 79.5 cm³/mol. The van der Waals surface area contributed by atoms with Crippen LogP contribution < -0.4 is 5.32 Å². The van der Waals surface area contributed by atoms with E-state index in [1.165, 1.54) is 11.8 Å². The number of aromatic nitrogens is 2. The first kappa shape index (κ1) is 14.2. The van der Waals surface area contributed by atoms with Gasteiger partial charge >= 0.3 is 0 Å². The van der Waals surface area contributed by atoms with Crippen LogP contribution in [0, 0.1) is 11.3 Å². The molecule has 2 aromatic rings. The molecule has 0 saturated carbocycles. The summed E-state index contributed by atoms with van der Waals surface area (Å²) in [5.74, 6) is 0.710. The molecule has 0 amide bonds. The number of nitrogens with zero attached hydrogens (tertiary/aromatic N) is 3. The molecule has 0 unspecified atom stereocenters. The smallest absolute Gasteiger partial charge is 0.271 e. The molecule has 0 aliphatic carbocycles. The minimum atomic E-state index is 0.233. The quantitative estimate of drug-likeness (QED) is 0.852. The van der Waals surface area contributed by atoms with E-state index in [4.69, 9.17) is 4.52 Å². The van der Waals surface area contributed by atoms with Crippen molar-refractivity contribution >= 4 is 17.3 Å². The van der Waals surface area contributed by atoms with Gasteiger partial charge in [-0.05, 0) is 13.2 Å². The molecule has 0 aliphatic heterocycles. The van der Waals surface area contributed by atoms with Gasteiger partial charge in [0.2, 0.25) is 5.82 Å². The number of allylic oxidation sites excluding steroid dienone is 1. The summed E-state index contributed by atoms with van der Waals surface area (Å²) in [7, 11) is 0. The molecule has 0 saturated heterocycles. The van der Waals surface area contributed by atoms with Crippen LogP contribution in [0.1, 0.15) is 12.8 Å². The van der Waals surface area contributed by atoms with Gasteiger partial charge < -0.3 is 9.84 Å². The molecule has 20 heavy (non-hydrogen) atoms. The Morgan fingerprint density at radius 2 is 2.15 bits per heavy atom. The Labute approximate surface area is 121 Å². The lowest BCUT2D eigenvalue weighted by Gasteiger charge is -2.05. The highest BCUT2D eigenvalue weighted by atomic mass is 32.2. The first-order chi connectivity index (χ1) is 9.80. The molecular weight excluding hydrogens is 272 g/mol. The van der Waals surface area contributed by atoms with Crippen LogP contribution in [0.3, 0.4) is 0 Å². The molecule has 0 atom stereocenters. The summed E-state index contributed by atoms with van der Waals surface area (Å²) in [5, 5.41) is 17.1. The standard InChI is InChI=1S/C14H14N4OS/c1-3-16-14(20-2)11(9-15)13-17-12(18-19-13)10-7-5-4-6-8-10/h4-8,16H,3H2,1-2H3/b14-11+. The third-order valence-electron chi connectivity index (χ3n) is 2.55. The number of nitrogens with one attached hydrogen (secondary N) is 1. The fourth-order valence-electron chi connectivity index (χ4n) is 1.65. The zero-order valence-corrected chi connectivity index (χ0v) is 12.1. The van der Waals surface area contributed by atoms with Crippen molar-refractivity contribution in [3.63, 3.8) is 0 Å². The maximum Gasteiger partial charge on any atom is 0.271 e. The van der Waals surface area contributed by atoms with Crippen LogP contribution in [0.5, 0.6) is 0 Å². The van der Waals surface area contributed by atoms with E-state index >= 15 is 0 Å². The summed E-state index contributed by atoms with van der Waals surface area (Å²) in [5.41, 5.74) is 1.22. The molecule has 0 spiro atoms. The highest BCUT2D eigenvalue weighted by Crippen LogP contribution is 2.24. The lowest BCUT2D eigenvalue weighted by atomic mass is 10.2. The van der Waals surface area contributed by atoms with Gasteiger partial charge in [-0.3, -0.25) is 0 Å². The van der Waals surface area contributed by atoms with Gasteiger partial charge in [0.25, 0.3) is 5.89 Å². The number of hydrogen-bond donors (Lipinski definition) is 1. The van der Waals surface area contributed by atoms with Crippen LogP contribution in [-0.2, 0) is 0 Å². The highest BCUT2D eigenvalue weighted by Gasteiger charge is 2.16. The number of nitriles is 1.